The van der Waals surface area contributed by atoms with Crippen LogP contribution in [0.4, 0.5) is 0 Å². The summed E-state index contributed by atoms with van der Waals surface area (Å²) in [5, 5.41) is 0.943. The molecule has 2 heteroatoms. The van der Waals surface area contributed by atoms with Crippen molar-refractivity contribution in [3.63, 3.8) is 0 Å². The first kappa shape index (κ1) is 12.5. The highest BCUT2D eigenvalue weighted by Crippen LogP contribution is 2.08. The zero-order chi connectivity index (χ0) is 11.1. The number of quaternary nitrogens is 1. The summed E-state index contributed by atoms with van der Waals surface area (Å²) in [5.74, 6) is 0. The number of allylic oxidation sites excluding steroid dienone is 1. The molecule has 0 atom stereocenters. The lowest BCUT2D eigenvalue weighted by molar-refractivity contribution is -0.897. The SMILES string of the molecule is C[N+](C)(CC=CCBr)Cc1ccccc1. The Morgan fingerprint density at radius 3 is 2.40 bits per heavy atom. The van der Waals surface area contributed by atoms with E-state index >= 15 is 0 Å². The van der Waals surface area contributed by atoms with Gasteiger partial charge in [0.25, 0.3) is 0 Å². The number of rotatable bonds is 5. The molecule has 0 aliphatic rings. The molecule has 0 aromatic heterocycles. The van der Waals surface area contributed by atoms with E-state index in [0.717, 1.165) is 22.9 Å². The number of hydrogen-bond donors (Lipinski definition) is 0. The van der Waals surface area contributed by atoms with E-state index in [1.807, 2.05) is 0 Å². The predicted molar refractivity (Wildman–Crippen MR) is 70.1 cm³/mol. The average molecular weight is 269 g/mol. The van der Waals surface area contributed by atoms with Crippen LogP contribution in [-0.2, 0) is 6.54 Å². The van der Waals surface area contributed by atoms with E-state index in [1.165, 1.54) is 5.56 Å². The van der Waals surface area contributed by atoms with Gasteiger partial charge in [0, 0.05) is 10.9 Å². The highest BCUT2D eigenvalue weighted by Gasteiger charge is 2.12. The molecule has 1 nitrogen and oxygen atoms in total. The summed E-state index contributed by atoms with van der Waals surface area (Å²) in [6.07, 6.45) is 4.39. The summed E-state index contributed by atoms with van der Waals surface area (Å²) in [6.45, 7) is 2.15. The Bertz CT molecular complexity index is 304. The van der Waals surface area contributed by atoms with Crippen molar-refractivity contribution < 1.29 is 4.48 Å². The fourth-order valence-electron chi connectivity index (χ4n) is 1.57. The van der Waals surface area contributed by atoms with Gasteiger partial charge in [0.1, 0.15) is 6.54 Å². The van der Waals surface area contributed by atoms with Crippen molar-refractivity contribution in [3.8, 4) is 0 Å². The minimum atomic E-state index is 0.943. The monoisotopic (exact) mass is 268 g/mol. The van der Waals surface area contributed by atoms with E-state index in [4.69, 9.17) is 0 Å². The maximum atomic E-state index is 3.39. The molecule has 0 saturated carbocycles. The van der Waals surface area contributed by atoms with E-state index in [0.29, 0.717) is 0 Å². The third-order valence-corrected chi connectivity index (χ3v) is 2.68. The van der Waals surface area contributed by atoms with Crippen molar-refractivity contribution >= 4 is 15.9 Å². The lowest BCUT2D eigenvalue weighted by atomic mass is 10.2. The molecule has 15 heavy (non-hydrogen) atoms. The van der Waals surface area contributed by atoms with Crippen LogP contribution < -0.4 is 0 Å². The minimum absolute atomic E-state index is 0.943. The second-order valence-corrected chi connectivity index (χ2v) is 5.04. The molecule has 0 aliphatic heterocycles. The van der Waals surface area contributed by atoms with Gasteiger partial charge in [-0.1, -0.05) is 52.3 Å². The van der Waals surface area contributed by atoms with Gasteiger partial charge in [-0.25, -0.2) is 0 Å². The van der Waals surface area contributed by atoms with Gasteiger partial charge in [-0.2, -0.15) is 0 Å². The zero-order valence-corrected chi connectivity index (χ0v) is 11.1. The molecular formula is C13H19BrN+. The van der Waals surface area contributed by atoms with Crippen LogP contribution in [0, 0.1) is 0 Å². The normalized spacial score (nSPS) is 12.2. The maximum Gasteiger partial charge on any atom is 0.104 e. The fourth-order valence-corrected chi connectivity index (χ4v) is 1.83. The second-order valence-electron chi connectivity index (χ2n) is 4.39. The largest absolute Gasteiger partial charge is 0.321 e. The molecule has 0 amide bonds. The summed E-state index contributed by atoms with van der Waals surface area (Å²) in [7, 11) is 4.51. The second kappa shape index (κ2) is 6.09. The first-order chi connectivity index (χ1) is 7.14. The molecule has 0 spiro atoms. The van der Waals surface area contributed by atoms with Crippen LogP contribution in [0.5, 0.6) is 0 Å². The van der Waals surface area contributed by atoms with Gasteiger partial charge in [0.2, 0.25) is 0 Å². The number of alkyl halides is 1. The van der Waals surface area contributed by atoms with Crippen LogP contribution in [0.25, 0.3) is 0 Å². The Kier molecular flexibility index (Phi) is 5.06. The summed E-state index contributed by atoms with van der Waals surface area (Å²) >= 11 is 3.39. The Balaban J connectivity index is 2.52. The number of hydrogen-bond acceptors (Lipinski definition) is 0. The van der Waals surface area contributed by atoms with Crippen LogP contribution in [0.3, 0.4) is 0 Å². The lowest BCUT2D eigenvalue weighted by Crippen LogP contribution is -2.38. The number of nitrogens with zero attached hydrogens (tertiary/aromatic N) is 1. The third-order valence-electron chi connectivity index (χ3n) is 2.31. The molecule has 1 rings (SSSR count). The van der Waals surface area contributed by atoms with E-state index in [2.05, 4.69) is 72.5 Å². The minimum Gasteiger partial charge on any atom is -0.321 e. The first-order valence-corrected chi connectivity index (χ1v) is 6.33. The molecule has 0 fully saturated rings. The van der Waals surface area contributed by atoms with Gasteiger partial charge in [-0.05, 0) is 6.08 Å². The molecule has 0 radical (unpaired) electrons. The van der Waals surface area contributed by atoms with Crippen LogP contribution in [0.2, 0.25) is 0 Å². The quantitative estimate of drug-likeness (QED) is 0.437. The van der Waals surface area contributed by atoms with E-state index in [9.17, 15) is 0 Å². The molecule has 0 unspecified atom stereocenters. The Hall–Kier alpha value is -0.600. The van der Waals surface area contributed by atoms with E-state index < -0.39 is 0 Å². The summed E-state index contributed by atoms with van der Waals surface area (Å²) in [4.78, 5) is 0. The van der Waals surface area contributed by atoms with Gasteiger partial charge >= 0.3 is 0 Å². The van der Waals surface area contributed by atoms with Gasteiger partial charge in [0.15, 0.2) is 0 Å². The van der Waals surface area contributed by atoms with Gasteiger partial charge < -0.3 is 4.48 Å². The maximum absolute atomic E-state index is 3.39. The summed E-state index contributed by atoms with van der Waals surface area (Å²) < 4.78 is 0.994. The van der Waals surface area contributed by atoms with Crippen LogP contribution in [-0.4, -0.2) is 30.5 Å². The van der Waals surface area contributed by atoms with Crippen molar-refractivity contribution in [2.24, 2.45) is 0 Å². The summed E-state index contributed by atoms with van der Waals surface area (Å²) in [5.41, 5.74) is 1.40. The predicted octanol–water partition coefficient (Wildman–Crippen LogP) is 3.21. The number of likely N-dealkylation sites (N-methyl/N-ethyl adjacent to an activating group) is 1. The van der Waals surface area contributed by atoms with Crippen LogP contribution >= 0.6 is 15.9 Å². The Labute approximate surface area is 101 Å². The van der Waals surface area contributed by atoms with Gasteiger partial charge in [-0.3, -0.25) is 0 Å². The number of benzene rings is 1. The fraction of sp³-hybridized carbons (Fsp3) is 0.385. The van der Waals surface area contributed by atoms with Gasteiger partial charge in [-0.15, -0.1) is 0 Å². The average Bonchev–Trinajstić information content (AvgIpc) is 2.18. The molecule has 82 valence electrons. The van der Waals surface area contributed by atoms with Crippen molar-refractivity contribution in [1.29, 1.82) is 0 Å². The highest BCUT2D eigenvalue weighted by molar-refractivity contribution is 9.09. The lowest BCUT2D eigenvalue weighted by Gasteiger charge is -2.28. The molecule has 0 bridgehead atoms. The highest BCUT2D eigenvalue weighted by atomic mass is 79.9. The van der Waals surface area contributed by atoms with Crippen LogP contribution in [0.1, 0.15) is 5.56 Å². The van der Waals surface area contributed by atoms with Crippen molar-refractivity contribution in [3.05, 3.63) is 48.0 Å². The Morgan fingerprint density at radius 2 is 1.80 bits per heavy atom. The third kappa shape index (κ3) is 5.14. The molecule has 0 N–H and O–H groups in total. The smallest absolute Gasteiger partial charge is 0.104 e. The topological polar surface area (TPSA) is 0 Å². The summed E-state index contributed by atoms with van der Waals surface area (Å²) in [6, 6.07) is 10.6. The standard InChI is InChI=1S/C13H19BrN/c1-15(2,11-7-6-10-14)12-13-8-4-3-5-9-13/h3-9H,10-12H2,1-2H3/q+1. The molecule has 0 saturated heterocycles. The molecule has 0 aliphatic carbocycles. The van der Waals surface area contributed by atoms with Crippen LogP contribution in [0.15, 0.2) is 42.5 Å². The molecular weight excluding hydrogens is 250 g/mol. The zero-order valence-electron chi connectivity index (χ0n) is 9.49. The van der Waals surface area contributed by atoms with E-state index in [1.54, 1.807) is 0 Å². The number of halogens is 1. The van der Waals surface area contributed by atoms with E-state index in [-0.39, 0.29) is 0 Å². The van der Waals surface area contributed by atoms with Gasteiger partial charge in [0.05, 0.1) is 20.6 Å². The van der Waals surface area contributed by atoms with Crippen molar-refractivity contribution in [1.82, 2.24) is 0 Å². The molecule has 1 aromatic rings. The molecule has 1 aromatic carbocycles. The first-order valence-electron chi connectivity index (χ1n) is 5.21. The van der Waals surface area contributed by atoms with Crippen molar-refractivity contribution in [2.75, 3.05) is 26.0 Å². The molecule has 0 heterocycles. The van der Waals surface area contributed by atoms with Crippen molar-refractivity contribution in [2.45, 2.75) is 6.54 Å². The Morgan fingerprint density at radius 1 is 1.13 bits per heavy atom.